The highest BCUT2D eigenvalue weighted by Gasteiger charge is 2.27. The van der Waals surface area contributed by atoms with Crippen LogP contribution in [0.3, 0.4) is 0 Å². The number of nitrogens with one attached hydrogen (secondary N) is 1. The predicted octanol–water partition coefficient (Wildman–Crippen LogP) is 3.68. The first-order valence-electron chi connectivity index (χ1n) is 10.6. The lowest BCUT2D eigenvalue weighted by molar-refractivity contribution is -0.121. The third kappa shape index (κ3) is 5.03. The highest BCUT2D eigenvalue weighted by Crippen LogP contribution is 2.23. The van der Waals surface area contributed by atoms with Gasteiger partial charge in [-0.3, -0.25) is 9.69 Å². The molecule has 166 valence electrons. The second kappa shape index (κ2) is 9.74. The molecule has 1 fully saturated rings. The number of piperidine rings is 1. The topological polar surface area (TPSA) is 97.6 Å². The smallest absolute Gasteiger partial charge is 0.337 e. The van der Waals surface area contributed by atoms with Crippen LogP contribution < -0.4 is 5.32 Å². The van der Waals surface area contributed by atoms with E-state index in [0.29, 0.717) is 36.1 Å². The Morgan fingerprint density at radius 1 is 1.22 bits per heavy atom. The summed E-state index contributed by atoms with van der Waals surface area (Å²) >= 11 is 0. The van der Waals surface area contributed by atoms with Gasteiger partial charge in [0.15, 0.2) is 0 Å². The first-order chi connectivity index (χ1) is 15.5. The van der Waals surface area contributed by atoms with Crippen LogP contribution in [0.2, 0.25) is 0 Å². The maximum absolute atomic E-state index is 13.0. The number of likely N-dealkylation sites (tertiary alicyclic amines) is 1. The molecule has 0 radical (unpaired) electrons. The average Bonchev–Trinajstić information content (AvgIpc) is 3.29. The minimum Gasteiger partial charge on any atom is -0.465 e. The molecule has 2 aromatic carbocycles. The van der Waals surface area contributed by atoms with E-state index in [2.05, 4.69) is 20.4 Å². The van der Waals surface area contributed by atoms with Crippen molar-refractivity contribution in [2.75, 3.05) is 25.5 Å². The van der Waals surface area contributed by atoms with Gasteiger partial charge in [0.1, 0.15) is 0 Å². The van der Waals surface area contributed by atoms with Gasteiger partial charge in [-0.15, -0.1) is 0 Å². The lowest BCUT2D eigenvalue weighted by atomic mass is 9.96. The molecule has 1 aliphatic rings. The Kier molecular flexibility index (Phi) is 6.61. The van der Waals surface area contributed by atoms with Crippen molar-refractivity contribution in [2.45, 2.75) is 26.3 Å². The number of carbonyl (C=O) groups is 2. The molecule has 8 nitrogen and oxygen atoms in total. The predicted molar refractivity (Wildman–Crippen MR) is 119 cm³/mol. The normalized spacial score (nSPS) is 16.5. The van der Waals surface area contributed by atoms with Crippen molar-refractivity contribution < 1.29 is 18.8 Å². The number of carbonyl (C=O) groups excluding carboxylic acids is 2. The van der Waals surface area contributed by atoms with Crippen molar-refractivity contribution in [3.63, 3.8) is 0 Å². The summed E-state index contributed by atoms with van der Waals surface area (Å²) in [6.45, 7) is 3.86. The van der Waals surface area contributed by atoms with Crippen molar-refractivity contribution in [1.82, 2.24) is 15.0 Å². The third-order valence-corrected chi connectivity index (χ3v) is 5.65. The molecule has 1 saturated heterocycles. The Morgan fingerprint density at radius 2 is 2.03 bits per heavy atom. The Bertz CT molecular complexity index is 1100. The van der Waals surface area contributed by atoms with Crippen molar-refractivity contribution in [3.8, 4) is 11.4 Å². The minimum absolute atomic E-state index is 0.0599. The van der Waals surface area contributed by atoms with Crippen LogP contribution in [0.25, 0.3) is 11.4 Å². The molecule has 0 aliphatic carbocycles. The molecule has 0 spiro atoms. The molecule has 1 unspecified atom stereocenters. The van der Waals surface area contributed by atoms with E-state index in [0.717, 1.165) is 30.5 Å². The molecular weight excluding hydrogens is 408 g/mol. The quantitative estimate of drug-likeness (QED) is 0.591. The van der Waals surface area contributed by atoms with Crippen LogP contribution in [-0.4, -0.2) is 47.1 Å². The maximum Gasteiger partial charge on any atom is 0.337 e. The summed E-state index contributed by atoms with van der Waals surface area (Å²) in [4.78, 5) is 31.4. The molecule has 1 atom stereocenters. The molecule has 1 amide bonds. The first kappa shape index (κ1) is 21.7. The summed E-state index contributed by atoms with van der Waals surface area (Å²) in [7, 11) is 1.34. The Morgan fingerprint density at radius 3 is 2.81 bits per heavy atom. The van der Waals surface area contributed by atoms with Gasteiger partial charge in [0.05, 0.1) is 25.1 Å². The van der Waals surface area contributed by atoms with E-state index in [1.54, 1.807) is 18.2 Å². The number of benzene rings is 2. The van der Waals surface area contributed by atoms with Crippen molar-refractivity contribution >= 4 is 17.6 Å². The van der Waals surface area contributed by atoms with Gasteiger partial charge in [-0.2, -0.15) is 4.98 Å². The number of methoxy groups -OCH3 is 1. The molecule has 0 saturated carbocycles. The second-order valence-electron chi connectivity index (χ2n) is 7.96. The minimum atomic E-state index is -0.432. The fraction of sp³-hybridized carbons (Fsp3) is 0.333. The molecule has 2 heterocycles. The van der Waals surface area contributed by atoms with E-state index in [9.17, 15) is 9.59 Å². The number of esters is 1. The summed E-state index contributed by atoms with van der Waals surface area (Å²) < 4.78 is 10.2. The molecular formula is C24H26N4O4. The largest absolute Gasteiger partial charge is 0.465 e. The molecule has 0 bridgehead atoms. The van der Waals surface area contributed by atoms with Crippen LogP contribution in [-0.2, 0) is 16.1 Å². The van der Waals surface area contributed by atoms with Gasteiger partial charge in [0, 0.05) is 17.8 Å². The molecule has 4 rings (SSSR count). The second-order valence-corrected chi connectivity index (χ2v) is 7.96. The standard InChI is InChI=1S/C24H26N4O4/c1-16-10-11-18(24(30)31-2)13-20(16)25-23(29)19-9-6-12-28(14-19)15-21-26-22(27-32-21)17-7-4-3-5-8-17/h3-5,7-8,10-11,13,19H,6,9,12,14-15H2,1-2H3,(H,25,29). The van der Waals surface area contributed by atoms with E-state index in [4.69, 9.17) is 9.26 Å². The average molecular weight is 434 g/mol. The van der Waals surface area contributed by atoms with E-state index in [1.807, 2.05) is 37.3 Å². The van der Waals surface area contributed by atoms with Crippen LogP contribution in [0, 0.1) is 12.8 Å². The lowest BCUT2D eigenvalue weighted by Gasteiger charge is -2.31. The number of amides is 1. The van der Waals surface area contributed by atoms with Gasteiger partial charge < -0.3 is 14.6 Å². The number of nitrogens with zero attached hydrogens (tertiary/aromatic N) is 3. The van der Waals surface area contributed by atoms with Crippen LogP contribution >= 0.6 is 0 Å². The zero-order valence-corrected chi connectivity index (χ0v) is 18.2. The molecule has 32 heavy (non-hydrogen) atoms. The van der Waals surface area contributed by atoms with Gasteiger partial charge >= 0.3 is 5.97 Å². The molecule has 1 aliphatic heterocycles. The summed E-state index contributed by atoms with van der Waals surface area (Å²) in [5, 5.41) is 7.06. The van der Waals surface area contributed by atoms with Gasteiger partial charge in [0.25, 0.3) is 0 Å². The first-order valence-corrected chi connectivity index (χ1v) is 10.6. The van der Waals surface area contributed by atoms with Crippen LogP contribution in [0.5, 0.6) is 0 Å². The number of ether oxygens (including phenoxy) is 1. The number of rotatable bonds is 6. The number of aromatic nitrogens is 2. The summed E-state index contributed by atoms with van der Waals surface area (Å²) in [6.07, 6.45) is 1.70. The fourth-order valence-electron chi connectivity index (χ4n) is 3.86. The van der Waals surface area contributed by atoms with Gasteiger partial charge in [-0.1, -0.05) is 41.6 Å². The van der Waals surface area contributed by atoms with Crippen LogP contribution in [0.1, 0.15) is 34.7 Å². The third-order valence-electron chi connectivity index (χ3n) is 5.65. The van der Waals surface area contributed by atoms with Gasteiger partial charge in [-0.25, -0.2) is 4.79 Å². The molecule has 1 aromatic heterocycles. The van der Waals surface area contributed by atoms with Crippen molar-refractivity contribution in [2.24, 2.45) is 5.92 Å². The molecule has 8 heteroatoms. The zero-order chi connectivity index (χ0) is 22.5. The SMILES string of the molecule is COC(=O)c1ccc(C)c(NC(=O)C2CCCN(Cc3nc(-c4ccccc4)no3)C2)c1. The Hall–Kier alpha value is -3.52. The number of anilines is 1. The summed E-state index contributed by atoms with van der Waals surface area (Å²) in [5.41, 5.74) is 2.82. The molecule has 3 aromatic rings. The summed E-state index contributed by atoms with van der Waals surface area (Å²) in [5.74, 6) is 0.440. The highest BCUT2D eigenvalue weighted by atomic mass is 16.5. The monoisotopic (exact) mass is 434 g/mol. The van der Waals surface area contributed by atoms with Crippen LogP contribution in [0.15, 0.2) is 53.1 Å². The van der Waals surface area contributed by atoms with Gasteiger partial charge in [-0.05, 0) is 44.0 Å². The zero-order valence-electron chi connectivity index (χ0n) is 18.2. The number of hydrogen-bond donors (Lipinski definition) is 1. The summed E-state index contributed by atoms with van der Waals surface area (Å²) in [6, 6.07) is 14.8. The van der Waals surface area contributed by atoms with Crippen LogP contribution in [0.4, 0.5) is 5.69 Å². The van der Waals surface area contributed by atoms with Gasteiger partial charge in [0.2, 0.25) is 17.6 Å². The Labute approximate surface area is 186 Å². The Balaban J connectivity index is 1.38. The maximum atomic E-state index is 13.0. The van der Waals surface area contributed by atoms with E-state index < -0.39 is 5.97 Å². The van der Waals surface area contributed by atoms with E-state index >= 15 is 0 Å². The fourth-order valence-corrected chi connectivity index (χ4v) is 3.86. The molecule has 1 N–H and O–H groups in total. The van der Waals surface area contributed by atoms with E-state index in [-0.39, 0.29) is 11.8 Å². The highest BCUT2D eigenvalue weighted by molar-refractivity contribution is 5.96. The number of hydrogen-bond acceptors (Lipinski definition) is 7. The van der Waals surface area contributed by atoms with Crippen molar-refractivity contribution in [1.29, 1.82) is 0 Å². The van der Waals surface area contributed by atoms with E-state index in [1.165, 1.54) is 7.11 Å². The number of aryl methyl sites for hydroxylation is 1. The lowest BCUT2D eigenvalue weighted by Crippen LogP contribution is -2.40. The van der Waals surface area contributed by atoms with Crippen molar-refractivity contribution in [3.05, 3.63) is 65.5 Å².